The van der Waals surface area contributed by atoms with Gasteiger partial charge < -0.3 is 15.4 Å². The Hall–Kier alpha value is -1.96. The molecule has 2 N–H and O–H groups in total. The van der Waals surface area contributed by atoms with Gasteiger partial charge in [-0.05, 0) is 52.9 Å². The summed E-state index contributed by atoms with van der Waals surface area (Å²) in [4.78, 5) is 6.84. The third-order valence-corrected chi connectivity index (χ3v) is 5.74. The summed E-state index contributed by atoms with van der Waals surface area (Å²) in [6.07, 6.45) is 2.19. The van der Waals surface area contributed by atoms with Crippen LogP contribution in [0, 0.1) is 5.82 Å². The Balaban J connectivity index is 1.44. The first-order chi connectivity index (χ1) is 13.7. The zero-order valence-corrected chi connectivity index (χ0v) is 17.4. The second kappa shape index (κ2) is 10.5. The molecule has 152 valence electrons. The quantitative estimate of drug-likeness (QED) is 0.549. The van der Waals surface area contributed by atoms with Crippen molar-refractivity contribution in [1.29, 1.82) is 0 Å². The van der Waals surface area contributed by atoms with Gasteiger partial charge in [0.15, 0.2) is 5.96 Å². The predicted molar refractivity (Wildman–Crippen MR) is 113 cm³/mol. The van der Waals surface area contributed by atoms with Gasteiger partial charge in [0.25, 0.3) is 0 Å². The molecule has 28 heavy (non-hydrogen) atoms. The predicted octanol–water partition coefficient (Wildman–Crippen LogP) is 3.36. The molecule has 0 spiro atoms. The summed E-state index contributed by atoms with van der Waals surface area (Å²) in [7, 11) is 3.35. The number of nitrogens with zero attached hydrogens (tertiary/aromatic N) is 2. The van der Waals surface area contributed by atoms with Gasteiger partial charge in [-0.2, -0.15) is 11.3 Å². The van der Waals surface area contributed by atoms with Crippen LogP contribution in [-0.2, 0) is 24.4 Å². The smallest absolute Gasteiger partial charge is 0.191 e. The van der Waals surface area contributed by atoms with Gasteiger partial charge in [0, 0.05) is 51.9 Å². The minimum atomic E-state index is -0.234. The van der Waals surface area contributed by atoms with Crippen LogP contribution in [0.25, 0.3) is 0 Å². The van der Waals surface area contributed by atoms with Crippen molar-refractivity contribution in [3.05, 3.63) is 57.5 Å². The fourth-order valence-corrected chi connectivity index (χ4v) is 4.11. The Labute approximate surface area is 170 Å². The standard InChI is InChI=1S/C21H29FN4OS/c1-23-21(24-12-16-3-4-20(22)18(11-16)14-27-2)25-19-5-8-26(9-6-19)13-17-7-10-28-15-17/h3-4,7,10-11,15,19H,5-6,8-9,12-14H2,1-2H3,(H2,23,24,25). The Morgan fingerprint density at radius 1 is 1.29 bits per heavy atom. The Morgan fingerprint density at radius 3 is 2.79 bits per heavy atom. The van der Waals surface area contributed by atoms with E-state index in [1.54, 1.807) is 31.6 Å². The van der Waals surface area contributed by atoms with Crippen molar-refractivity contribution in [2.24, 2.45) is 4.99 Å². The van der Waals surface area contributed by atoms with E-state index in [9.17, 15) is 4.39 Å². The van der Waals surface area contributed by atoms with Crippen LogP contribution in [0.4, 0.5) is 4.39 Å². The molecule has 1 aliphatic rings. The van der Waals surface area contributed by atoms with Crippen LogP contribution in [0.2, 0.25) is 0 Å². The third kappa shape index (κ3) is 6.02. The number of halogens is 1. The summed E-state index contributed by atoms with van der Waals surface area (Å²) < 4.78 is 18.8. The first-order valence-electron chi connectivity index (χ1n) is 9.64. The van der Waals surface area contributed by atoms with Gasteiger partial charge in [-0.3, -0.25) is 9.89 Å². The third-order valence-electron chi connectivity index (χ3n) is 5.01. The molecule has 0 atom stereocenters. The zero-order valence-electron chi connectivity index (χ0n) is 16.6. The number of guanidine groups is 1. The molecule has 0 radical (unpaired) electrons. The highest BCUT2D eigenvalue weighted by Gasteiger charge is 2.20. The number of likely N-dealkylation sites (tertiary alicyclic amines) is 1. The maximum absolute atomic E-state index is 13.7. The zero-order chi connectivity index (χ0) is 19.8. The number of rotatable bonds is 7. The van der Waals surface area contributed by atoms with E-state index >= 15 is 0 Å². The number of benzene rings is 1. The van der Waals surface area contributed by atoms with Gasteiger partial charge in [-0.1, -0.05) is 6.07 Å². The number of methoxy groups -OCH3 is 1. The maximum atomic E-state index is 13.7. The van der Waals surface area contributed by atoms with E-state index in [0.717, 1.165) is 44.0 Å². The summed E-state index contributed by atoms with van der Waals surface area (Å²) in [5, 5.41) is 11.2. The van der Waals surface area contributed by atoms with Crippen molar-refractivity contribution < 1.29 is 9.13 Å². The van der Waals surface area contributed by atoms with Gasteiger partial charge in [0.1, 0.15) is 5.82 Å². The molecule has 2 aromatic rings. The number of hydrogen-bond acceptors (Lipinski definition) is 4. The van der Waals surface area contributed by atoms with Crippen molar-refractivity contribution in [1.82, 2.24) is 15.5 Å². The second-order valence-corrected chi connectivity index (χ2v) is 7.89. The topological polar surface area (TPSA) is 48.9 Å². The van der Waals surface area contributed by atoms with Crippen LogP contribution < -0.4 is 10.6 Å². The average Bonchev–Trinajstić information content (AvgIpc) is 3.22. The van der Waals surface area contributed by atoms with Crippen molar-refractivity contribution in [3.63, 3.8) is 0 Å². The molecule has 3 rings (SSSR count). The van der Waals surface area contributed by atoms with Crippen LogP contribution in [0.5, 0.6) is 0 Å². The minimum absolute atomic E-state index is 0.234. The monoisotopic (exact) mass is 404 g/mol. The maximum Gasteiger partial charge on any atom is 0.191 e. The van der Waals surface area contributed by atoms with Crippen LogP contribution in [0.1, 0.15) is 29.5 Å². The summed E-state index contributed by atoms with van der Waals surface area (Å²) in [6, 6.07) is 7.74. The highest BCUT2D eigenvalue weighted by atomic mass is 32.1. The van der Waals surface area contributed by atoms with Crippen molar-refractivity contribution in [2.45, 2.75) is 38.6 Å². The number of hydrogen-bond donors (Lipinski definition) is 2. The second-order valence-electron chi connectivity index (χ2n) is 7.11. The van der Waals surface area contributed by atoms with Crippen LogP contribution >= 0.6 is 11.3 Å². The molecule has 0 bridgehead atoms. The lowest BCUT2D eigenvalue weighted by molar-refractivity contribution is 0.181. The fourth-order valence-electron chi connectivity index (χ4n) is 3.45. The SMILES string of the molecule is CN=C(NCc1ccc(F)c(COC)c1)NC1CCN(Cc2ccsc2)CC1. The molecule has 1 fully saturated rings. The number of nitrogens with one attached hydrogen (secondary N) is 2. The number of ether oxygens (including phenoxy) is 1. The number of aliphatic imine (C=N–C) groups is 1. The highest BCUT2D eigenvalue weighted by molar-refractivity contribution is 7.07. The lowest BCUT2D eigenvalue weighted by atomic mass is 10.0. The van der Waals surface area contributed by atoms with E-state index in [1.807, 2.05) is 6.07 Å². The summed E-state index contributed by atoms with van der Waals surface area (Å²) in [5.41, 5.74) is 2.98. The molecule has 1 aromatic heterocycles. The molecule has 1 saturated heterocycles. The van der Waals surface area contributed by atoms with Gasteiger partial charge >= 0.3 is 0 Å². The van der Waals surface area contributed by atoms with Crippen molar-refractivity contribution in [2.75, 3.05) is 27.2 Å². The molecule has 1 aliphatic heterocycles. The summed E-state index contributed by atoms with van der Waals surface area (Å²) in [6.45, 7) is 4.08. The summed E-state index contributed by atoms with van der Waals surface area (Å²) >= 11 is 1.76. The summed E-state index contributed by atoms with van der Waals surface area (Å²) in [5.74, 6) is 0.552. The van der Waals surface area contributed by atoms with Crippen molar-refractivity contribution in [3.8, 4) is 0 Å². The lowest BCUT2D eigenvalue weighted by Gasteiger charge is -2.33. The molecule has 0 unspecified atom stereocenters. The molecule has 5 nitrogen and oxygen atoms in total. The molecule has 0 amide bonds. The van der Waals surface area contributed by atoms with Crippen LogP contribution in [-0.4, -0.2) is 44.1 Å². The molecule has 7 heteroatoms. The van der Waals surface area contributed by atoms with Gasteiger partial charge in [0.2, 0.25) is 0 Å². The van der Waals surface area contributed by atoms with Crippen LogP contribution in [0.15, 0.2) is 40.0 Å². The Kier molecular flexibility index (Phi) is 7.82. The fraction of sp³-hybridized carbons (Fsp3) is 0.476. The lowest BCUT2D eigenvalue weighted by Crippen LogP contribution is -2.48. The van der Waals surface area contributed by atoms with E-state index in [1.165, 1.54) is 11.6 Å². The minimum Gasteiger partial charge on any atom is -0.380 e. The van der Waals surface area contributed by atoms with Gasteiger partial charge in [-0.15, -0.1) is 0 Å². The van der Waals surface area contributed by atoms with Gasteiger partial charge in [-0.25, -0.2) is 4.39 Å². The molecule has 0 saturated carbocycles. The number of thiophene rings is 1. The first-order valence-corrected chi connectivity index (χ1v) is 10.6. The molecule has 1 aromatic carbocycles. The Bertz CT molecular complexity index is 758. The first kappa shape index (κ1) is 20.8. The number of piperidine rings is 1. The molecule has 2 heterocycles. The van der Waals surface area contributed by atoms with E-state index in [4.69, 9.17) is 4.74 Å². The normalized spacial score (nSPS) is 16.3. The highest BCUT2D eigenvalue weighted by Crippen LogP contribution is 2.16. The molecular formula is C21H29FN4OS. The largest absolute Gasteiger partial charge is 0.380 e. The van der Waals surface area contributed by atoms with E-state index in [2.05, 4.69) is 37.4 Å². The Morgan fingerprint density at radius 2 is 2.11 bits per heavy atom. The van der Waals surface area contributed by atoms with E-state index in [0.29, 0.717) is 18.2 Å². The molecular weight excluding hydrogens is 375 g/mol. The van der Waals surface area contributed by atoms with E-state index in [-0.39, 0.29) is 12.4 Å². The van der Waals surface area contributed by atoms with E-state index < -0.39 is 0 Å². The van der Waals surface area contributed by atoms with Gasteiger partial charge in [0.05, 0.1) is 6.61 Å². The van der Waals surface area contributed by atoms with Crippen molar-refractivity contribution >= 4 is 17.3 Å². The average molecular weight is 405 g/mol. The molecule has 0 aliphatic carbocycles. The van der Waals surface area contributed by atoms with Crippen LogP contribution in [0.3, 0.4) is 0 Å².